The third-order valence-corrected chi connectivity index (χ3v) is 11.8. The van der Waals surface area contributed by atoms with Gasteiger partial charge in [0.25, 0.3) is 5.91 Å². The van der Waals surface area contributed by atoms with Crippen LogP contribution in [-0.2, 0) is 26.6 Å². The van der Waals surface area contributed by atoms with Crippen LogP contribution in [0, 0.1) is 11.8 Å². The van der Waals surface area contributed by atoms with Gasteiger partial charge in [0.2, 0.25) is 10.0 Å². The molecule has 2 aromatic carbocycles. The first-order chi connectivity index (χ1) is 20.1. The third-order valence-electron chi connectivity index (χ3n) is 9.82. The molecule has 1 fully saturated rings. The van der Waals surface area contributed by atoms with Gasteiger partial charge in [0, 0.05) is 36.2 Å². The van der Waals surface area contributed by atoms with Crippen LogP contribution >= 0.6 is 11.6 Å². The Morgan fingerprint density at radius 3 is 2.76 bits per heavy atom. The molecule has 2 aromatic rings. The molecule has 226 valence electrons. The van der Waals surface area contributed by atoms with E-state index >= 15 is 0 Å². The molecule has 6 atom stereocenters. The number of aliphatic hydroxyl groups is 1. The van der Waals surface area contributed by atoms with Crippen molar-refractivity contribution in [1.29, 1.82) is 0 Å². The van der Waals surface area contributed by atoms with Crippen molar-refractivity contribution in [2.75, 3.05) is 31.7 Å². The zero-order chi connectivity index (χ0) is 29.6. The number of anilines is 1. The van der Waals surface area contributed by atoms with Gasteiger partial charge in [-0.05, 0) is 98.7 Å². The second-order valence-corrected chi connectivity index (χ2v) is 15.0. The zero-order valence-corrected chi connectivity index (χ0v) is 25.7. The van der Waals surface area contributed by atoms with Crippen molar-refractivity contribution >= 4 is 33.2 Å². The highest BCUT2D eigenvalue weighted by atomic mass is 35.5. The predicted molar refractivity (Wildman–Crippen MR) is 163 cm³/mol. The molecule has 2 heterocycles. The molecule has 1 amide bonds. The van der Waals surface area contributed by atoms with Crippen LogP contribution < -0.4 is 14.4 Å². The Bertz CT molecular complexity index is 1500. The Morgan fingerprint density at radius 1 is 1.17 bits per heavy atom. The molecule has 42 heavy (non-hydrogen) atoms. The SMILES string of the molecule is CO[C@@H]1/C=C\[C@H](O)[C@@H]2CC[C@H]2CN2C[C@@]3(CCCc4cc(Cl)ccc43)COc3ccc(cc32)C(=O)NS(=O)(=O)[C@H](C)C1. The van der Waals surface area contributed by atoms with Crippen molar-refractivity contribution in [1.82, 2.24) is 4.72 Å². The van der Waals surface area contributed by atoms with Crippen LogP contribution in [0.1, 0.15) is 60.5 Å². The number of carbonyl (C=O) groups excluding carboxylic acids is 1. The Balaban J connectivity index is 1.42. The number of sulfonamides is 1. The lowest BCUT2D eigenvalue weighted by Gasteiger charge is -2.45. The summed E-state index contributed by atoms with van der Waals surface area (Å²) in [6.07, 6.45) is 7.30. The van der Waals surface area contributed by atoms with Crippen molar-refractivity contribution in [3.63, 3.8) is 0 Å². The van der Waals surface area contributed by atoms with Gasteiger partial charge in [0.1, 0.15) is 5.75 Å². The fourth-order valence-electron chi connectivity index (χ4n) is 7.19. The van der Waals surface area contributed by atoms with Gasteiger partial charge in [-0.15, -0.1) is 0 Å². The van der Waals surface area contributed by atoms with Crippen LogP contribution in [0.15, 0.2) is 48.6 Å². The summed E-state index contributed by atoms with van der Waals surface area (Å²) in [5, 5.41) is 11.0. The molecule has 0 unspecified atom stereocenters. The van der Waals surface area contributed by atoms with Crippen LogP contribution in [0.5, 0.6) is 5.75 Å². The van der Waals surface area contributed by atoms with Gasteiger partial charge < -0.3 is 19.5 Å². The van der Waals surface area contributed by atoms with Gasteiger partial charge in [-0.2, -0.15) is 0 Å². The molecule has 6 rings (SSSR count). The monoisotopic (exact) mass is 614 g/mol. The number of rotatable bonds is 1. The number of benzene rings is 2. The van der Waals surface area contributed by atoms with E-state index in [1.807, 2.05) is 6.07 Å². The number of amides is 1. The highest BCUT2D eigenvalue weighted by Gasteiger charge is 2.44. The number of nitrogens with one attached hydrogen (secondary N) is 1. The molecule has 8 nitrogen and oxygen atoms in total. The minimum absolute atomic E-state index is 0.0697. The van der Waals surface area contributed by atoms with E-state index in [4.69, 9.17) is 21.1 Å². The normalized spacial score (nSPS) is 33.3. The van der Waals surface area contributed by atoms with E-state index in [1.54, 1.807) is 37.3 Å². The molecule has 2 N–H and O–H groups in total. The van der Waals surface area contributed by atoms with E-state index in [9.17, 15) is 18.3 Å². The van der Waals surface area contributed by atoms with Gasteiger partial charge in [-0.3, -0.25) is 4.79 Å². The molecule has 1 spiro atoms. The number of halogens is 1. The smallest absolute Gasteiger partial charge is 0.264 e. The minimum atomic E-state index is -3.98. The standard InChI is InChI=1S/C32H39ClN2O6S/c1-20-14-25(40-2)8-11-29(36)26-9-5-23(26)17-35-18-32(13-3-4-21-15-24(33)7-10-27(21)32)19-41-30-12-6-22(16-28(30)35)31(37)34-42(20,38)39/h6-8,10-12,15-16,20,23,25-26,29,36H,3-5,9,13-14,17-19H2,1-2H3,(H,34,37)/b11-8-/t20-,23+,25-,26-,29+,32+/m1/s1. The number of nitrogens with zero attached hydrogens (tertiary/aromatic N) is 1. The van der Waals surface area contributed by atoms with Crippen LogP contribution in [-0.4, -0.2) is 63.7 Å². The summed E-state index contributed by atoms with van der Waals surface area (Å²) in [7, 11) is -2.47. The summed E-state index contributed by atoms with van der Waals surface area (Å²) < 4.78 is 40.5. The van der Waals surface area contributed by atoms with E-state index in [1.165, 1.54) is 18.2 Å². The summed E-state index contributed by atoms with van der Waals surface area (Å²) in [5.74, 6) is 0.308. The van der Waals surface area contributed by atoms with E-state index in [-0.39, 0.29) is 29.2 Å². The zero-order valence-electron chi connectivity index (χ0n) is 24.1. The van der Waals surface area contributed by atoms with Gasteiger partial charge in [0.15, 0.2) is 0 Å². The summed E-state index contributed by atoms with van der Waals surface area (Å²) >= 11 is 6.38. The molecule has 10 heteroatoms. The molecule has 1 saturated carbocycles. The van der Waals surface area contributed by atoms with E-state index in [0.29, 0.717) is 25.4 Å². The highest BCUT2D eigenvalue weighted by Crippen LogP contribution is 2.46. The Kier molecular flexibility index (Phi) is 8.06. The number of carbonyl (C=O) groups is 1. The largest absolute Gasteiger partial charge is 0.490 e. The second kappa shape index (κ2) is 11.5. The fraction of sp³-hybridized carbons (Fsp3) is 0.531. The number of methoxy groups -OCH3 is 1. The lowest BCUT2D eigenvalue weighted by atomic mass is 9.68. The molecule has 2 aliphatic heterocycles. The first kappa shape index (κ1) is 29.5. The lowest BCUT2D eigenvalue weighted by molar-refractivity contribution is 0.0444. The van der Waals surface area contributed by atoms with Crippen molar-refractivity contribution < 1.29 is 27.8 Å². The number of hydrogen-bond donors (Lipinski definition) is 2. The molecule has 4 aliphatic rings. The highest BCUT2D eigenvalue weighted by molar-refractivity contribution is 7.90. The maximum absolute atomic E-state index is 13.3. The average Bonchev–Trinajstić information content (AvgIpc) is 3.09. The van der Waals surface area contributed by atoms with Gasteiger partial charge in [0.05, 0.1) is 29.8 Å². The van der Waals surface area contributed by atoms with Crippen molar-refractivity contribution in [2.24, 2.45) is 11.8 Å². The molecule has 0 saturated heterocycles. The molecule has 2 bridgehead atoms. The van der Waals surface area contributed by atoms with E-state index in [2.05, 4.69) is 21.8 Å². The third kappa shape index (κ3) is 5.56. The van der Waals surface area contributed by atoms with Gasteiger partial charge >= 0.3 is 0 Å². The second-order valence-electron chi connectivity index (χ2n) is 12.5. The number of hydrogen-bond acceptors (Lipinski definition) is 7. The molecule has 2 aliphatic carbocycles. The molecule has 0 aromatic heterocycles. The quantitative estimate of drug-likeness (QED) is 0.452. The molecule has 0 radical (unpaired) electrons. The van der Waals surface area contributed by atoms with Crippen LogP contribution in [0.4, 0.5) is 5.69 Å². The van der Waals surface area contributed by atoms with Crippen LogP contribution in [0.25, 0.3) is 0 Å². The summed E-state index contributed by atoms with van der Waals surface area (Å²) in [6.45, 7) is 3.40. The number of aliphatic hydroxyl groups excluding tert-OH is 1. The Hall–Kier alpha value is -2.59. The van der Waals surface area contributed by atoms with Gasteiger partial charge in [-0.1, -0.05) is 29.8 Å². The fourth-order valence-corrected chi connectivity index (χ4v) is 8.40. The van der Waals surface area contributed by atoms with Crippen LogP contribution in [0.2, 0.25) is 5.02 Å². The first-order valence-electron chi connectivity index (χ1n) is 14.8. The van der Waals surface area contributed by atoms with Crippen molar-refractivity contribution in [2.45, 2.75) is 68.3 Å². The van der Waals surface area contributed by atoms with E-state index in [0.717, 1.165) is 42.8 Å². The number of fused-ring (bicyclic) bond motifs is 4. The molecular weight excluding hydrogens is 576 g/mol. The average molecular weight is 615 g/mol. The first-order valence-corrected chi connectivity index (χ1v) is 16.8. The van der Waals surface area contributed by atoms with Crippen molar-refractivity contribution in [3.05, 3.63) is 70.3 Å². The number of ether oxygens (including phenoxy) is 2. The van der Waals surface area contributed by atoms with E-state index < -0.39 is 33.4 Å². The predicted octanol–water partition coefficient (Wildman–Crippen LogP) is 4.62. The maximum Gasteiger partial charge on any atom is 0.264 e. The van der Waals surface area contributed by atoms with Crippen molar-refractivity contribution in [3.8, 4) is 5.75 Å². The Morgan fingerprint density at radius 2 is 2.00 bits per heavy atom. The minimum Gasteiger partial charge on any atom is -0.490 e. The summed E-state index contributed by atoms with van der Waals surface area (Å²) in [5.41, 5.74) is 3.24. The summed E-state index contributed by atoms with van der Waals surface area (Å²) in [4.78, 5) is 15.6. The Labute approximate surface area is 253 Å². The van der Waals surface area contributed by atoms with Gasteiger partial charge in [-0.25, -0.2) is 13.1 Å². The lowest BCUT2D eigenvalue weighted by Crippen LogP contribution is -2.49. The topological polar surface area (TPSA) is 105 Å². The summed E-state index contributed by atoms with van der Waals surface area (Å²) in [6, 6.07) is 11.3. The number of aryl methyl sites for hydroxylation is 1. The molecular formula is C32H39ClN2O6S. The maximum atomic E-state index is 13.3. The van der Waals surface area contributed by atoms with Crippen LogP contribution in [0.3, 0.4) is 0 Å².